The minimum absolute atomic E-state index is 0.461. The summed E-state index contributed by atoms with van der Waals surface area (Å²) in [6, 6.07) is 10.4. The summed E-state index contributed by atoms with van der Waals surface area (Å²) in [6.07, 6.45) is 7.40. The number of anilines is 1. The summed E-state index contributed by atoms with van der Waals surface area (Å²) >= 11 is 1.73. The molecule has 3 heterocycles. The molecule has 0 amide bonds. The van der Waals surface area contributed by atoms with Gasteiger partial charge < -0.3 is 4.90 Å². The Morgan fingerprint density at radius 1 is 1.12 bits per heavy atom. The van der Waals surface area contributed by atoms with E-state index in [0.29, 0.717) is 5.92 Å². The van der Waals surface area contributed by atoms with Crippen LogP contribution in [0.2, 0.25) is 0 Å². The second kappa shape index (κ2) is 7.65. The van der Waals surface area contributed by atoms with Gasteiger partial charge in [0, 0.05) is 24.8 Å². The highest BCUT2D eigenvalue weighted by Gasteiger charge is 2.23. The van der Waals surface area contributed by atoms with Gasteiger partial charge in [-0.3, -0.25) is 10.1 Å². The van der Waals surface area contributed by atoms with E-state index in [9.17, 15) is 0 Å². The van der Waals surface area contributed by atoms with E-state index in [0.717, 1.165) is 48.4 Å². The van der Waals surface area contributed by atoms with Crippen LogP contribution < -0.4 is 4.90 Å². The quantitative estimate of drug-likeness (QED) is 0.711. The van der Waals surface area contributed by atoms with Crippen molar-refractivity contribution in [2.45, 2.75) is 29.5 Å². The molecule has 0 atom stereocenters. The van der Waals surface area contributed by atoms with Gasteiger partial charge in [0.1, 0.15) is 23.0 Å². The number of benzene rings is 1. The van der Waals surface area contributed by atoms with E-state index in [1.807, 2.05) is 18.5 Å². The number of nitrogens with zero attached hydrogens (tertiary/aromatic N) is 5. The lowest BCUT2D eigenvalue weighted by Crippen LogP contribution is -2.33. The fraction of sp³-hybridized carbons (Fsp3) is 0.333. The molecule has 128 valence electrons. The Labute approximate surface area is 151 Å². The SMILES string of the molecule is c1ccc(CSc2cncc(N3CCC(c4ncn[nH]4)CC3)n2)cc1. The average Bonchev–Trinajstić information content (AvgIpc) is 3.22. The summed E-state index contributed by atoms with van der Waals surface area (Å²) in [6.45, 7) is 1.93. The third-order valence-corrected chi connectivity index (χ3v) is 5.44. The van der Waals surface area contributed by atoms with Crippen LogP contribution in [0, 0.1) is 0 Å². The molecule has 4 rings (SSSR count). The van der Waals surface area contributed by atoms with Crippen LogP contribution in [0.4, 0.5) is 5.82 Å². The van der Waals surface area contributed by atoms with E-state index in [1.54, 1.807) is 18.1 Å². The lowest BCUT2D eigenvalue weighted by Gasteiger charge is -2.31. The van der Waals surface area contributed by atoms with Crippen molar-refractivity contribution in [3.63, 3.8) is 0 Å². The van der Waals surface area contributed by atoms with Gasteiger partial charge in [0.2, 0.25) is 0 Å². The molecule has 6 nitrogen and oxygen atoms in total. The van der Waals surface area contributed by atoms with E-state index in [-0.39, 0.29) is 0 Å². The second-order valence-corrected chi connectivity index (χ2v) is 7.12. The maximum absolute atomic E-state index is 4.79. The molecule has 0 aliphatic carbocycles. The smallest absolute Gasteiger partial charge is 0.148 e. The molecule has 7 heteroatoms. The van der Waals surface area contributed by atoms with Crippen LogP contribution in [0.15, 0.2) is 54.1 Å². The topological polar surface area (TPSA) is 70.6 Å². The maximum atomic E-state index is 4.79. The van der Waals surface area contributed by atoms with Crippen LogP contribution in [0.1, 0.15) is 30.1 Å². The van der Waals surface area contributed by atoms with Gasteiger partial charge in [-0.2, -0.15) is 5.10 Å². The molecule has 3 aromatic rings. The Morgan fingerprint density at radius 2 is 1.96 bits per heavy atom. The van der Waals surface area contributed by atoms with Crippen LogP contribution in [-0.4, -0.2) is 38.2 Å². The first-order chi connectivity index (χ1) is 12.4. The summed E-state index contributed by atoms with van der Waals surface area (Å²) in [4.78, 5) is 15.8. The third kappa shape index (κ3) is 3.99. The zero-order chi connectivity index (χ0) is 16.9. The molecule has 1 saturated heterocycles. The number of hydrogen-bond donors (Lipinski definition) is 1. The average molecular weight is 352 g/mol. The van der Waals surface area contributed by atoms with Crippen LogP contribution in [0.25, 0.3) is 0 Å². The summed E-state index contributed by atoms with van der Waals surface area (Å²) < 4.78 is 0. The van der Waals surface area contributed by atoms with Crippen molar-refractivity contribution in [2.75, 3.05) is 18.0 Å². The van der Waals surface area contributed by atoms with E-state index >= 15 is 0 Å². The van der Waals surface area contributed by atoms with Crippen LogP contribution >= 0.6 is 11.8 Å². The van der Waals surface area contributed by atoms with E-state index in [4.69, 9.17) is 4.98 Å². The molecule has 1 aromatic carbocycles. The molecule has 1 aliphatic rings. The van der Waals surface area contributed by atoms with Gasteiger partial charge in [-0.25, -0.2) is 9.97 Å². The van der Waals surface area contributed by atoms with Crippen LogP contribution in [0.5, 0.6) is 0 Å². The zero-order valence-electron chi connectivity index (χ0n) is 13.9. The predicted molar refractivity (Wildman–Crippen MR) is 98.6 cm³/mol. The Balaban J connectivity index is 1.37. The fourth-order valence-corrected chi connectivity index (χ4v) is 3.89. The van der Waals surface area contributed by atoms with Crippen molar-refractivity contribution in [3.05, 3.63) is 60.4 Å². The molecule has 0 radical (unpaired) electrons. The van der Waals surface area contributed by atoms with E-state index in [2.05, 4.69) is 49.3 Å². The first-order valence-corrected chi connectivity index (χ1v) is 9.46. The Kier molecular flexibility index (Phi) is 4.92. The van der Waals surface area contributed by atoms with Crippen LogP contribution in [-0.2, 0) is 5.75 Å². The number of hydrogen-bond acceptors (Lipinski definition) is 6. The molecular formula is C18H20N6S. The van der Waals surface area contributed by atoms with Crippen molar-refractivity contribution in [3.8, 4) is 0 Å². The summed E-state index contributed by atoms with van der Waals surface area (Å²) in [5, 5.41) is 7.92. The molecule has 1 N–H and O–H groups in total. The monoisotopic (exact) mass is 352 g/mol. The second-order valence-electron chi connectivity index (χ2n) is 6.12. The lowest BCUT2D eigenvalue weighted by atomic mass is 9.96. The number of aromatic nitrogens is 5. The fourth-order valence-electron chi connectivity index (χ4n) is 3.09. The molecular weight excluding hydrogens is 332 g/mol. The zero-order valence-corrected chi connectivity index (χ0v) is 14.7. The minimum Gasteiger partial charge on any atom is -0.355 e. The third-order valence-electron chi connectivity index (χ3n) is 4.47. The Hall–Kier alpha value is -2.41. The largest absolute Gasteiger partial charge is 0.355 e. The molecule has 0 bridgehead atoms. The van der Waals surface area contributed by atoms with Gasteiger partial charge in [0.05, 0.1) is 12.4 Å². The van der Waals surface area contributed by atoms with E-state index < -0.39 is 0 Å². The molecule has 1 aliphatic heterocycles. The molecule has 0 spiro atoms. The standard InChI is InChI=1S/C18H20N6S/c1-2-4-14(5-3-1)12-25-17-11-19-10-16(22-17)24-8-6-15(7-9-24)18-20-13-21-23-18/h1-5,10-11,13,15H,6-9,12H2,(H,20,21,23). The first-order valence-electron chi connectivity index (χ1n) is 8.47. The highest BCUT2D eigenvalue weighted by atomic mass is 32.2. The van der Waals surface area contributed by atoms with Gasteiger partial charge >= 0.3 is 0 Å². The highest BCUT2D eigenvalue weighted by Crippen LogP contribution is 2.28. The van der Waals surface area contributed by atoms with Gasteiger partial charge in [-0.1, -0.05) is 30.3 Å². The number of H-pyrrole nitrogens is 1. The number of rotatable bonds is 5. The Morgan fingerprint density at radius 3 is 2.72 bits per heavy atom. The van der Waals surface area contributed by atoms with Gasteiger partial charge in [-0.15, -0.1) is 11.8 Å². The van der Waals surface area contributed by atoms with Gasteiger partial charge in [0.25, 0.3) is 0 Å². The van der Waals surface area contributed by atoms with Gasteiger partial charge in [-0.05, 0) is 18.4 Å². The van der Waals surface area contributed by atoms with Crippen molar-refractivity contribution in [2.24, 2.45) is 0 Å². The highest BCUT2D eigenvalue weighted by molar-refractivity contribution is 7.98. The normalized spacial score (nSPS) is 15.4. The maximum Gasteiger partial charge on any atom is 0.148 e. The molecule has 0 unspecified atom stereocenters. The first kappa shape index (κ1) is 16.1. The number of nitrogens with one attached hydrogen (secondary N) is 1. The molecule has 1 fully saturated rings. The summed E-state index contributed by atoms with van der Waals surface area (Å²) in [5.74, 6) is 3.33. The van der Waals surface area contributed by atoms with Gasteiger partial charge in [0.15, 0.2) is 0 Å². The lowest BCUT2D eigenvalue weighted by molar-refractivity contribution is 0.483. The number of thioether (sulfide) groups is 1. The summed E-state index contributed by atoms with van der Waals surface area (Å²) in [5.41, 5.74) is 1.30. The molecule has 0 saturated carbocycles. The van der Waals surface area contributed by atoms with Crippen molar-refractivity contribution in [1.82, 2.24) is 25.1 Å². The predicted octanol–water partition coefficient (Wildman–Crippen LogP) is 3.27. The van der Waals surface area contributed by atoms with Crippen molar-refractivity contribution >= 4 is 17.6 Å². The number of aromatic amines is 1. The van der Waals surface area contributed by atoms with Crippen LogP contribution in [0.3, 0.4) is 0 Å². The van der Waals surface area contributed by atoms with Crippen molar-refractivity contribution < 1.29 is 0 Å². The molecule has 2 aromatic heterocycles. The molecule has 25 heavy (non-hydrogen) atoms. The summed E-state index contributed by atoms with van der Waals surface area (Å²) in [7, 11) is 0. The van der Waals surface area contributed by atoms with Crippen molar-refractivity contribution in [1.29, 1.82) is 0 Å². The number of piperidine rings is 1. The van der Waals surface area contributed by atoms with E-state index in [1.165, 1.54) is 5.56 Å². The Bertz CT molecular complexity index is 784. The minimum atomic E-state index is 0.461.